The number of nitrogens with zero attached hydrogens (tertiary/aromatic N) is 2. The van der Waals surface area contributed by atoms with E-state index in [1.54, 1.807) is 0 Å². The summed E-state index contributed by atoms with van der Waals surface area (Å²) in [6.07, 6.45) is 2.26. The lowest BCUT2D eigenvalue weighted by Crippen LogP contribution is -2.40. The Labute approximate surface area is 180 Å². The third-order valence-corrected chi connectivity index (χ3v) is 5.54. The molecule has 2 unspecified atom stereocenters. The maximum absolute atomic E-state index is 5.84. The van der Waals surface area contributed by atoms with Crippen molar-refractivity contribution >= 4 is 17.3 Å². The van der Waals surface area contributed by atoms with Crippen LogP contribution in [-0.4, -0.2) is 53.2 Å². The Kier molecular flexibility index (Phi) is 8.43. The van der Waals surface area contributed by atoms with Gasteiger partial charge >= 0.3 is 0 Å². The first-order chi connectivity index (χ1) is 14.1. The van der Waals surface area contributed by atoms with E-state index >= 15 is 0 Å². The Hall–Kier alpha value is -1.99. The fourth-order valence-electron chi connectivity index (χ4n) is 3.98. The van der Waals surface area contributed by atoms with E-state index in [1.165, 1.54) is 11.1 Å². The minimum atomic E-state index is 0.392. The van der Waals surface area contributed by atoms with Gasteiger partial charge in [0.2, 0.25) is 0 Å². The standard InChI is InChI=1S/C12H17N3S.C11H16N2/c13-12(16)14-11-6-7-15(9-11)8-10-4-2-1-3-5-10;12-11-6-7-13(9-11)8-10-4-2-1-3-5-10/h1-5,11H,6-9H2,(H3,13,14,16);1-5,11H,6-9,12H2. The third kappa shape index (κ3) is 7.74. The molecule has 2 aliphatic rings. The molecule has 2 heterocycles. The van der Waals surface area contributed by atoms with Crippen LogP contribution in [0.5, 0.6) is 0 Å². The second-order valence-electron chi connectivity index (χ2n) is 7.98. The van der Waals surface area contributed by atoms with Crippen LogP contribution in [0, 0.1) is 0 Å². The molecule has 4 rings (SSSR count). The van der Waals surface area contributed by atoms with Crippen molar-refractivity contribution in [2.45, 2.75) is 38.0 Å². The minimum absolute atomic E-state index is 0.392. The SMILES string of the molecule is NC(=S)NC1CCN(Cc2ccccc2)C1.NC1CCN(Cc2ccccc2)C1. The molecule has 0 radical (unpaired) electrons. The van der Waals surface area contributed by atoms with Gasteiger partial charge in [-0.15, -0.1) is 0 Å². The lowest BCUT2D eigenvalue weighted by atomic mass is 10.2. The van der Waals surface area contributed by atoms with Crippen LogP contribution >= 0.6 is 12.2 Å². The highest BCUT2D eigenvalue weighted by atomic mass is 32.1. The van der Waals surface area contributed by atoms with Crippen molar-refractivity contribution < 1.29 is 0 Å². The van der Waals surface area contributed by atoms with Crippen molar-refractivity contribution in [1.29, 1.82) is 0 Å². The summed E-state index contributed by atoms with van der Waals surface area (Å²) in [6.45, 7) is 6.39. The molecule has 5 N–H and O–H groups in total. The monoisotopic (exact) mass is 411 g/mol. The van der Waals surface area contributed by atoms with Crippen LogP contribution in [0.3, 0.4) is 0 Å². The lowest BCUT2D eigenvalue weighted by Gasteiger charge is -2.16. The van der Waals surface area contributed by atoms with E-state index in [0.29, 0.717) is 17.2 Å². The maximum atomic E-state index is 5.84. The number of nitrogens with one attached hydrogen (secondary N) is 1. The molecule has 6 heteroatoms. The lowest BCUT2D eigenvalue weighted by molar-refractivity contribution is 0.324. The summed E-state index contributed by atoms with van der Waals surface area (Å²) in [6, 6.07) is 21.9. The fourth-order valence-corrected chi connectivity index (χ4v) is 4.15. The van der Waals surface area contributed by atoms with Gasteiger partial charge in [0.25, 0.3) is 0 Å². The Morgan fingerprint density at radius 3 is 1.86 bits per heavy atom. The summed E-state index contributed by atoms with van der Waals surface area (Å²) < 4.78 is 0. The van der Waals surface area contributed by atoms with Crippen LogP contribution in [-0.2, 0) is 13.1 Å². The molecule has 29 heavy (non-hydrogen) atoms. The molecule has 5 nitrogen and oxygen atoms in total. The summed E-state index contributed by atoms with van der Waals surface area (Å²) >= 11 is 4.85. The van der Waals surface area contributed by atoms with Crippen LogP contribution < -0.4 is 16.8 Å². The fraction of sp³-hybridized carbons (Fsp3) is 0.435. The van der Waals surface area contributed by atoms with Gasteiger partial charge in [-0.3, -0.25) is 9.80 Å². The van der Waals surface area contributed by atoms with Crippen LogP contribution in [0.25, 0.3) is 0 Å². The molecule has 0 spiro atoms. The Bertz CT molecular complexity index is 739. The quantitative estimate of drug-likeness (QED) is 0.656. The van der Waals surface area contributed by atoms with Gasteiger partial charge in [-0.1, -0.05) is 60.7 Å². The molecule has 2 fully saturated rings. The van der Waals surface area contributed by atoms with Gasteiger partial charge in [0.05, 0.1) is 0 Å². The molecular formula is C23H33N5S. The molecule has 0 aliphatic carbocycles. The second-order valence-corrected chi connectivity index (χ2v) is 8.42. The average Bonchev–Trinajstić information content (AvgIpc) is 3.32. The third-order valence-electron chi connectivity index (χ3n) is 5.43. The molecule has 2 atom stereocenters. The Morgan fingerprint density at radius 2 is 1.38 bits per heavy atom. The van der Waals surface area contributed by atoms with Gasteiger partial charge < -0.3 is 16.8 Å². The number of likely N-dealkylation sites (tertiary alicyclic amines) is 2. The first-order valence-electron chi connectivity index (χ1n) is 10.4. The highest BCUT2D eigenvalue weighted by Crippen LogP contribution is 2.13. The Morgan fingerprint density at radius 1 is 0.862 bits per heavy atom. The number of benzene rings is 2. The van der Waals surface area contributed by atoms with Gasteiger partial charge in [-0.25, -0.2) is 0 Å². The summed E-state index contributed by atoms with van der Waals surface area (Å²) in [5, 5.41) is 3.53. The summed E-state index contributed by atoms with van der Waals surface area (Å²) in [5.74, 6) is 0. The summed E-state index contributed by atoms with van der Waals surface area (Å²) in [4.78, 5) is 4.84. The van der Waals surface area contributed by atoms with Crippen LogP contribution in [0.4, 0.5) is 0 Å². The van der Waals surface area contributed by atoms with Crippen molar-refractivity contribution in [2.75, 3.05) is 26.2 Å². The van der Waals surface area contributed by atoms with Crippen LogP contribution in [0.15, 0.2) is 60.7 Å². The van der Waals surface area contributed by atoms with Gasteiger partial charge in [0.15, 0.2) is 5.11 Å². The smallest absolute Gasteiger partial charge is 0.163 e. The van der Waals surface area contributed by atoms with E-state index in [0.717, 1.165) is 52.1 Å². The van der Waals surface area contributed by atoms with E-state index in [2.05, 4.69) is 69.7 Å². The normalized spacial score (nSPS) is 22.1. The number of thiocarbonyl (C=S) groups is 1. The van der Waals surface area contributed by atoms with Gasteiger partial charge in [0, 0.05) is 51.4 Å². The second kappa shape index (κ2) is 11.3. The van der Waals surface area contributed by atoms with E-state index in [1.807, 2.05) is 6.07 Å². The van der Waals surface area contributed by atoms with Crippen molar-refractivity contribution in [1.82, 2.24) is 15.1 Å². The predicted molar refractivity (Wildman–Crippen MR) is 124 cm³/mol. The molecule has 0 aromatic heterocycles. The maximum Gasteiger partial charge on any atom is 0.163 e. The van der Waals surface area contributed by atoms with Crippen molar-refractivity contribution in [3.63, 3.8) is 0 Å². The summed E-state index contributed by atoms with van der Waals surface area (Å²) in [7, 11) is 0. The number of rotatable bonds is 5. The van der Waals surface area contributed by atoms with Crippen LogP contribution in [0.1, 0.15) is 24.0 Å². The summed E-state index contributed by atoms with van der Waals surface area (Å²) in [5.41, 5.74) is 14.1. The van der Waals surface area contributed by atoms with E-state index in [4.69, 9.17) is 23.7 Å². The largest absolute Gasteiger partial charge is 0.376 e. The minimum Gasteiger partial charge on any atom is -0.376 e. The molecule has 2 saturated heterocycles. The Balaban J connectivity index is 0.000000169. The van der Waals surface area contributed by atoms with Crippen molar-refractivity contribution in [3.05, 3.63) is 71.8 Å². The zero-order chi connectivity index (χ0) is 20.5. The number of nitrogens with two attached hydrogens (primary N) is 2. The molecule has 2 aromatic rings. The molecule has 156 valence electrons. The molecule has 0 saturated carbocycles. The first kappa shape index (κ1) is 21.7. The molecule has 2 aliphatic heterocycles. The molecule has 2 aromatic carbocycles. The van der Waals surface area contributed by atoms with E-state index in [-0.39, 0.29) is 0 Å². The van der Waals surface area contributed by atoms with Crippen molar-refractivity contribution in [2.24, 2.45) is 11.5 Å². The first-order valence-corrected chi connectivity index (χ1v) is 10.8. The predicted octanol–water partition coefficient (Wildman–Crippen LogP) is 2.31. The van der Waals surface area contributed by atoms with Gasteiger partial charge in [-0.2, -0.15) is 0 Å². The van der Waals surface area contributed by atoms with Gasteiger partial charge in [-0.05, 0) is 36.2 Å². The van der Waals surface area contributed by atoms with E-state index < -0.39 is 0 Å². The number of hydrogen-bond donors (Lipinski definition) is 3. The molecular weight excluding hydrogens is 378 g/mol. The molecule has 0 bridgehead atoms. The number of hydrogen-bond acceptors (Lipinski definition) is 4. The zero-order valence-corrected chi connectivity index (χ0v) is 17.9. The van der Waals surface area contributed by atoms with E-state index in [9.17, 15) is 0 Å². The molecule has 0 amide bonds. The average molecular weight is 412 g/mol. The van der Waals surface area contributed by atoms with Gasteiger partial charge in [0.1, 0.15) is 0 Å². The highest BCUT2D eigenvalue weighted by molar-refractivity contribution is 7.80. The zero-order valence-electron chi connectivity index (χ0n) is 17.0. The highest BCUT2D eigenvalue weighted by Gasteiger charge is 2.22. The van der Waals surface area contributed by atoms with Crippen molar-refractivity contribution in [3.8, 4) is 0 Å². The van der Waals surface area contributed by atoms with Crippen LogP contribution in [0.2, 0.25) is 0 Å². The topological polar surface area (TPSA) is 70.5 Å².